The monoisotopic (exact) mass is 356 g/mol. The minimum Gasteiger partial charge on any atom is -0.493 e. The normalized spacial score (nSPS) is 25.7. The highest BCUT2D eigenvalue weighted by atomic mass is 16.5. The molecular weight excluding hydrogens is 332 g/mol. The number of carbonyl (C=O) groups excluding carboxylic acids is 1. The topological polar surface area (TPSA) is 72.8 Å². The molecule has 1 aliphatic heterocycles. The minimum absolute atomic E-state index is 0.0840. The Balaban J connectivity index is 1.72. The molecule has 1 aromatic rings. The van der Waals surface area contributed by atoms with Crippen LogP contribution in [0.2, 0.25) is 0 Å². The van der Waals surface area contributed by atoms with Gasteiger partial charge in [-0.25, -0.2) is 0 Å². The zero-order chi connectivity index (χ0) is 18.3. The summed E-state index contributed by atoms with van der Waals surface area (Å²) in [6.45, 7) is 0. The van der Waals surface area contributed by atoms with E-state index in [1.165, 1.54) is 0 Å². The van der Waals surface area contributed by atoms with Crippen LogP contribution in [0.25, 0.3) is 0 Å². The molecule has 138 valence electrons. The zero-order valence-corrected chi connectivity index (χ0v) is 15.0. The third-order valence-corrected chi connectivity index (χ3v) is 6.13. The number of aliphatic carboxylic acids is 1. The lowest BCUT2D eigenvalue weighted by Gasteiger charge is -2.24. The number of benzene rings is 1. The lowest BCUT2D eigenvalue weighted by atomic mass is 9.77. The smallest absolute Gasteiger partial charge is 0.307 e. The fraction of sp³-hybridized carbons (Fsp3) is 0.524. The van der Waals surface area contributed by atoms with E-state index in [1.807, 2.05) is 12.2 Å². The van der Waals surface area contributed by atoms with Crippen molar-refractivity contribution in [2.24, 2.45) is 11.8 Å². The summed E-state index contributed by atoms with van der Waals surface area (Å²) >= 11 is 0. The lowest BCUT2D eigenvalue weighted by Crippen LogP contribution is -2.32. The summed E-state index contributed by atoms with van der Waals surface area (Å²) in [5.74, 6) is -0.832. The van der Waals surface area contributed by atoms with Crippen molar-refractivity contribution < 1.29 is 24.2 Å². The fourth-order valence-corrected chi connectivity index (χ4v) is 4.73. The zero-order valence-electron chi connectivity index (χ0n) is 15.0. The van der Waals surface area contributed by atoms with Gasteiger partial charge < -0.3 is 14.6 Å². The van der Waals surface area contributed by atoms with Crippen LogP contribution in [0.1, 0.15) is 54.4 Å². The van der Waals surface area contributed by atoms with E-state index in [1.54, 1.807) is 19.2 Å². The maximum Gasteiger partial charge on any atom is 0.307 e. The first-order valence-electron chi connectivity index (χ1n) is 9.35. The van der Waals surface area contributed by atoms with Crippen molar-refractivity contribution in [2.45, 2.75) is 50.5 Å². The SMILES string of the molecule is COc1ccc(C(=O)[C@H]2CC=CC[C@H]2C(=O)O)c2c1OC1(CCCC1)C2. The molecule has 26 heavy (non-hydrogen) atoms. The molecule has 0 aromatic heterocycles. The van der Waals surface area contributed by atoms with Crippen LogP contribution in [-0.2, 0) is 11.2 Å². The average Bonchev–Trinajstić information content (AvgIpc) is 3.26. The first-order chi connectivity index (χ1) is 12.5. The number of rotatable bonds is 4. The number of hydrogen-bond acceptors (Lipinski definition) is 4. The van der Waals surface area contributed by atoms with Gasteiger partial charge in [0.25, 0.3) is 0 Å². The van der Waals surface area contributed by atoms with E-state index in [0.29, 0.717) is 36.3 Å². The average molecular weight is 356 g/mol. The Morgan fingerprint density at radius 1 is 1.15 bits per heavy atom. The molecule has 2 aliphatic carbocycles. The molecule has 3 aliphatic rings. The quantitative estimate of drug-likeness (QED) is 0.656. The van der Waals surface area contributed by atoms with Crippen LogP contribution in [0.15, 0.2) is 24.3 Å². The van der Waals surface area contributed by atoms with Crippen molar-refractivity contribution in [2.75, 3.05) is 7.11 Å². The van der Waals surface area contributed by atoms with Gasteiger partial charge >= 0.3 is 5.97 Å². The summed E-state index contributed by atoms with van der Waals surface area (Å²) in [6.07, 6.45) is 9.61. The summed E-state index contributed by atoms with van der Waals surface area (Å²) in [5, 5.41) is 9.52. The number of carbonyl (C=O) groups is 2. The first-order valence-corrected chi connectivity index (χ1v) is 9.35. The molecule has 0 bridgehead atoms. The second kappa shape index (κ2) is 6.45. The van der Waals surface area contributed by atoms with Crippen LogP contribution in [0.3, 0.4) is 0 Å². The van der Waals surface area contributed by atoms with Crippen LogP contribution in [0, 0.1) is 11.8 Å². The number of methoxy groups -OCH3 is 1. The van der Waals surface area contributed by atoms with Crippen molar-refractivity contribution in [3.63, 3.8) is 0 Å². The van der Waals surface area contributed by atoms with Crippen LogP contribution < -0.4 is 9.47 Å². The molecule has 0 saturated heterocycles. The Kier molecular flexibility index (Phi) is 4.25. The number of ketones is 1. The van der Waals surface area contributed by atoms with Gasteiger partial charge in [-0.2, -0.15) is 0 Å². The fourth-order valence-electron chi connectivity index (χ4n) is 4.73. The lowest BCUT2D eigenvalue weighted by molar-refractivity contribution is -0.143. The first kappa shape index (κ1) is 17.1. The number of fused-ring (bicyclic) bond motifs is 1. The number of carboxylic acids is 1. The number of hydrogen-bond donors (Lipinski definition) is 1. The minimum atomic E-state index is -0.902. The van der Waals surface area contributed by atoms with Gasteiger partial charge in [0, 0.05) is 23.5 Å². The summed E-state index contributed by atoms with van der Waals surface area (Å²) in [4.78, 5) is 24.9. The van der Waals surface area contributed by atoms with E-state index >= 15 is 0 Å². The number of allylic oxidation sites excluding steroid dienone is 2. The number of ether oxygens (including phenoxy) is 2. The van der Waals surface area contributed by atoms with Crippen molar-refractivity contribution in [1.29, 1.82) is 0 Å². The van der Waals surface area contributed by atoms with E-state index in [2.05, 4.69) is 0 Å². The van der Waals surface area contributed by atoms with Crippen molar-refractivity contribution in [1.82, 2.24) is 0 Å². The van der Waals surface area contributed by atoms with Gasteiger partial charge in [-0.15, -0.1) is 0 Å². The maximum absolute atomic E-state index is 13.3. The third-order valence-electron chi connectivity index (χ3n) is 6.13. The largest absolute Gasteiger partial charge is 0.493 e. The van der Waals surface area contributed by atoms with E-state index in [9.17, 15) is 14.7 Å². The molecule has 0 unspecified atom stereocenters. The highest BCUT2D eigenvalue weighted by Gasteiger charge is 2.45. The van der Waals surface area contributed by atoms with Gasteiger partial charge in [0.2, 0.25) is 0 Å². The van der Waals surface area contributed by atoms with Crippen LogP contribution >= 0.6 is 0 Å². The molecule has 0 amide bonds. The molecule has 1 N–H and O–H groups in total. The Labute approximate surface area is 153 Å². The maximum atomic E-state index is 13.3. The number of carboxylic acid groups (broad SMARTS) is 1. The Bertz CT molecular complexity index is 773. The predicted octanol–water partition coefficient (Wildman–Crippen LogP) is 3.79. The van der Waals surface area contributed by atoms with Crippen LogP contribution in [0.5, 0.6) is 11.5 Å². The number of Topliss-reactive ketones (excluding diaryl/α,β-unsaturated/α-hetero) is 1. The molecule has 1 aromatic carbocycles. The van der Waals surface area contributed by atoms with Crippen LogP contribution in [-0.4, -0.2) is 29.6 Å². The van der Waals surface area contributed by atoms with Crippen LogP contribution in [0.4, 0.5) is 0 Å². The molecule has 2 atom stereocenters. The van der Waals surface area contributed by atoms with Gasteiger partial charge in [0.1, 0.15) is 5.60 Å². The van der Waals surface area contributed by atoms with E-state index < -0.39 is 17.8 Å². The predicted molar refractivity (Wildman–Crippen MR) is 95.8 cm³/mol. The third kappa shape index (κ3) is 2.70. The molecule has 1 heterocycles. The molecule has 5 nitrogen and oxygen atoms in total. The molecule has 0 radical (unpaired) electrons. The molecular formula is C21H24O5. The summed E-state index contributed by atoms with van der Waals surface area (Å²) < 4.78 is 11.8. The molecule has 4 rings (SSSR count). The molecule has 1 saturated carbocycles. The summed E-state index contributed by atoms with van der Waals surface area (Å²) in [5.41, 5.74) is 1.29. The van der Waals surface area contributed by atoms with Gasteiger partial charge in [-0.05, 0) is 50.7 Å². The summed E-state index contributed by atoms with van der Waals surface area (Å²) in [7, 11) is 1.60. The van der Waals surface area contributed by atoms with Gasteiger partial charge in [0.05, 0.1) is 13.0 Å². The second-order valence-corrected chi connectivity index (χ2v) is 7.65. The standard InChI is InChI=1S/C21H24O5/c1-25-17-9-8-14(16-12-21(26-19(16)17)10-4-5-11-21)18(22)13-6-2-3-7-15(13)20(23)24/h2-3,8-9,13,15H,4-7,10-12H2,1H3,(H,23,24)/t13-,15+/m0/s1. The van der Waals surface area contributed by atoms with E-state index in [-0.39, 0.29) is 11.4 Å². The van der Waals surface area contributed by atoms with Gasteiger partial charge in [-0.1, -0.05) is 12.2 Å². The van der Waals surface area contributed by atoms with E-state index in [0.717, 1.165) is 31.2 Å². The molecule has 5 heteroatoms. The van der Waals surface area contributed by atoms with Gasteiger partial charge in [-0.3, -0.25) is 9.59 Å². The van der Waals surface area contributed by atoms with Gasteiger partial charge in [0.15, 0.2) is 17.3 Å². The highest BCUT2D eigenvalue weighted by Crippen LogP contribution is 2.50. The Hall–Kier alpha value is -2.30. The Morgan fingerprint density at radius 2 is 1.85 bits per heavy atom. The van der Waals surface area contributed by atoms with Crippen molar-refractivity contribution >= 4 is 11.8 Å². The molecule has 1 spiro atoms. The second-order valence-electron chi connectivity index (χ2n) is 7.65. The van der Waals surface area contributed by atoms with Crippen molar-refractivity contribution in [3.05, 3.63) is 35.4 Å². The van der Waals surface area contributed by atoms with Crippen molar-refractivity contribution in [3.8, 4) is 11.5 Å². The highest BCUT2D eigenvalue weighted by molar-refractivity contribution is 6.02. The molecule has 1 fully saturated rings. The Morgan fingerprint density at radius 3 is 2.50 bits per heavy atom. The van der Waals surface area contributed by atoms with E-state index in [4.69, 9.17) is 9.47 Å². The summed E-state index contributed by atoms with van der Waals surface area (Å²) in [6, 6.07) is 3.56.